The van der Waals surface area contributed by atoms with Crippen LogP contribution in [0.3, 0.4) is 0 Å². The van der Waals surface area contributed by atoms with E-state index in [2.05, 4.69) is 15.6 Å². The molecule has 11 N–H and O–H groups in total. The van der Waals surface area contributed by atoms with Crippen LogP contribution in [0.5, 0.6) is 0 Å². The van der Waals surface area contributed by atoms with Gasteiger partial charge in [-0.2, -0.15) is 0 Å². The molecule has 4 amide bonds. The van der Waals surface area contributed by atoms with Crippen molar-refractivity contribution in [3.8, 4) is 0 Å². The molecule has 1 heterocycles. The van der Waals surface area contributed by atoms with Crippen LogP contribution in [0.15, 0.2) is 4.99 Å². The van der Waals surface area contributed by atoms with Crippen LogP contribution >= 0.6 is 0 Å². The molecule has 0 aromatic heterocycles. The third-order valence-electron chi connectivity index (χ3n) is 6.25. The van der Waals surface area contributed by atoms with E-state index in [-0.39, 0.29) is 44.2 Å². The van der Waals surface area contributed by atoms with Gasteiger partial charge in [0.25, 0.3) is 0 Å². The third-order valence-corrected chi connectivity index (χ3v) is 6.25. The predicted molar refractivity (Wildman–Crippen MR) is 132 cm³/mol. The summed E-state index contributed by atoms with van der Waals surface area (Å²) in [5, 5.41) is 14.5. The van der Waals surface area contributed by atoms with Gasteiger partial charge >= 0.3 is 5.97 Å². The van der Waals surface area contributed by atoms with Crippen LogP contribution in [-0.2, 0) is 24.0 Å². The number of nitrogens with one attached hydrogen (secondary N) is 2. The van der Waals surface area contributed by atoms with Gasteiger partial charge in [0.05, 0.1) is 6.04 Å². The van der Waals surface area contributed by atoms with Gasteiger partial charge in [-0.15, -0.1) is 0 Å². The number of carbonyl (C=O) groups is 5. The number of carbonyl (C=O) groups excluding carboxylic acids is 4. The minimum atomic E-state index is -1.33. The highest BCUT2D eigenvalue weighted by Crippen LogP contribution is 2.20. The Hall–Kier alpha value is -3.42. The maximum absolute atomic E-state index is 13.4. The molecule has 1 rings (SSSR count). The van der Waals surface area contributed by atoms with E-state index in [1.807, 2.05) is 13.8 Å². The predicted octanol–water partition coefficient (Wildman–Crippen LogP) is -2.28. The van der Waals surface area contributed by atoms with Gasteiger partial charge in [0.15, 0.2) is 5.96 Å². The molecular formula is C22H40N8O6. The second-order valence-electron chi connectivity index (χ2n) is 9.02. The quantitative estimate of drug-likeness (QED) is 0.0708. The van der Waals surface area contributed by atoms with Crippen LogP contribution in [0.4, 0.5) is 0 Å². The number of hydrogen-bond acceptors (Lipinski definition) is 7. The Morgan fingerprint density at radius 1 is 1.08 bits per heavy atom. The molecule has 0 aromatic carbocycles. The SMILES string of the molecule is CCC(C)C(N)C(=O)NC(CCCN=C(N)N)C(=O)N1CCCC1C(=O)NC(CCC(N)=O)C(=O)O. The first-order valence-corrected chi connectivity index (χ1v) is 12.1. The van der Waals surface area contributed by atoms with Crippen LogP contribution in [0.1, 0.15) is 58.8 Å². The molecule has 0 aromatic rings. The molecule has 1 fully saturated rings. The number of aliphatic imine (C=N–C) groups is 1. The van der Waals surface area contributed by atoms with E-state index in [1.54, 1.807) is 0 Å². The lowest BCUT2D eigenvalue weighted by atomic mass is 9.98. The maximum atomic E-state index is 13.4. The topological polar surface area (TPSA) is 249 Å². The molecule has 0 radical (unpaired) electrons. The van der Waals surface area contributed by atoms with Crippen LogP contribution in [0, 0.1) is 5.92 Å². The summed E-state index contributed by atoms with van der Waals surface area (Å²) in [6.45, 7) is 4.23. The molecule has 0 spiro atoms. The molecular weight excluding hydrogens is 472 g/mol. The first-order valence-electron chi connectivity index (χ1n) is 12.1. The minimum Gasteiger partial charge on any atom is -0.480 e. The maximum Gasteiger partial charge on any atom is 0.326 e. The number of primary amides is 1. The van der Waals surface area contributed by atoms with Gasteiger partial charge < -0.3 is 43.6 Å². The lowest BCUT2D eigenvalue weighted by Gasteiger charge is -2.30. The number of hydrogen-bond donors (Lipinski definition) is 7. The van der Waals surface area contributed by atoms with Gasteiger partial charge in [0, 0.05) is 19.5 Å². The first-order chi connectivity index (χ1) is 16.9. The number of rotatable bonds is 15. The number of nitrogens with zero attached hydrogens (tertiary/aromatic N) is 2. The van der Waals surface area contributed by atoms with Crippen molar-refractivity contribution >= 4 is 35.6 Å². The summed E-state index contributed by atoms with van der Waals surface area (Å²) >= 11 is 0. The van der Waals surface area contributed by atoms with Gasteiger partial charge in [-0.25, -0.2) is 4.79 Å². The fraction of sp³-hybridized carbons (Fsp3) is 0.727. The van der Waals surface area contributed by atoms with Crippen molar-refractivity contribution in [1.82, 2.24) is 15.5 Å². The van der Waals surface area contributed by atoms with E-state index in [4.69, 9.17) is 22.9 Å². The summed E-state index contributed by atoms with van der Waals surface area (Å²) < 4.78 is 0. The van der Waals surface area contributed by atoms with Crippen molar-refractivity contribution < 1.29 is 29.1 Å². The highest BCUT2D eigenvalue weighted by Gasteiger charge is 2.39. The fourth-order valence-electron chi connectivity index (χ4n) is 3.86. The Labute approximate surface area is 210 Å². The molecule has 1 saturated heterocycles. The Morgan fingerprint density at radius 3 is 2.31 bits per heavy atom. The lowest BCUT2D eigenvalue weighted by molar-refractivity contribution is -0.145. The van der Waals surface area contributed by atoms with Crippen LogP contribution in [0.2, 0.25) is 0 Å². The van der Waals surface area contributed by atoms with Crippen molar-refractivity contribution in [1.29, 1.82) is 0 Å². The van der Waals surface area contributed by atoms with Gasteiger partial charge in [0.2, 0.25) is 23.6 Å². The minimum absolute atomic E-state index is 0.0960. The van der Waals surface area contributed by atoms with Crippen LogP contribution in [0.25, 0.3) is 0 Å². The summed E-state index contributed by atoms with van der Waals surface area (Å²) in [5.74, 6) is -3.83. The summed E-state index contributed by atoms with van der Waals surface area (Å²) in [4.78, 5) is 66.8. The van der Waals surface area contributed by atoms with Gasteiger partial charge in [-0.3, -0.25) is 24.2 Å². The highest BCUT2D eigenvalue weighted by atomic mass is 16.4. The van der Waals surface area contributed by atoms with E-state index >= 15 is 0 Å². The molecule has 204 valence electrons. The number of nitrogens with two attached hydrogens (primary N) is 4. The molecule has 14 nitrogen and oxygen atoms in total. The number of aliphatic carboxylic acids is 1. The Balaban J connectivity index is 3.00. The smallest absolute Gasteiger partial charge is 0.326 e. The zero-order valence-corrected chi connectivity index (χ0v) is 20.9. The number of carboxylic acid groups (broad SMARTS) is 1. The average molecular weight is 513 g/mol. The van der Waals surface area contributed by atoms with E-state index in [0.717, 1.165) is 0 Å². The monoisotopic (exact) mass is 512 g/mol. The number of likely N-dealkylation sites (tertiary alicyclic amines) is 1. The normalized spacial score (nSPS) is 18.4. The second kappa shape index (κ2) is 14.9. The zero-order chi connectivity index (χ0) is 27.4. The first kappa shape index (κ1) is 30.6. The average Bonchev–Trinajstić information content (AvgIpc) is 3.31. The van der Waals surface area contributed by atoms with Crippen molar-refractivity contribution in [3.63, 3.8) is 0 Å². The van der Waals surface area contributed by atoms with E-state index in [1.165, 1.54) is 4.90 Å². The standard InChI is InChI=1S/C22H40N8O6/c1-3-12(2)17(24)19(33)28-13(6-4-10-27-22(25)26)20(34)30-11-5-7-15(30)18(32)29-14(21(35)36)8-9-16(23)31/h12-15,17H,3-11,24H2,1-2H3,(H2,23,31)(H,28,33)(H,29,32)(H,35,36)(H4,25,26,27). The van der Waals surface area contributed by atoms with Gasteiger partial charge in [0.1, 0.15) is 18.1 Å². The summed E-state index contributed by atoms with van der Waals surface area (Å²) in [6, 6.07) is -4.04. The van der Waals surface area contributed by atoms with Crippen LogP contribution in [-0.4, -0.2) is 82.8 Å². The summed E-state index contributed by atoms with van der Waals surface area (Å²) in [7, 11) is 0. The number of guanidine groups is 1. The zero-order valence-electron chi connectivity index (χ0n) is 20.9. The van der Waals surface area contributed by atoms with E-state index in [9.17, 15) is 29.1 Å². The Kier molecular flexibility index (Phi) is 12.6. The summed E-state index contributed by atoms with van der Waals surface area (Å²) in [6.07, 6.45) is 1.71. The molecule has 14 heteroatoms. The van der Waals surface area contributed by atoms with Crippen LogP contribution < -0.4 is 33.6 Å². The fourth-order valence-corrected chi connectivity index (χ4v) is 3.86. The number of amides is 4. The Bertz CT molecular complexity index is 831. The van der Waals surface area contributed by atoms with Crippen molar-refractivity contribution in [3.05, 3.63) is 0 Å². The molecule has 0 bridgehead atoms. The summed E-state index contributed by atoms with van der Waals surface area (Å²) in [5.41, 5.74) is 21.8. The molecule has 5 atom stereocenters. The largest absolute Gasteiger partial charge is 0.480 e. The highest BCUT2D eigenvalue weighted by molar-refractivity contribution is 5.94. The van der Waals surface area contributed by atoms with Gasteiger partial charge in [-0.1, -0.05) is 20.3 Å². The molecule has 0 saturated carbocycles. The molecule has 1 aliphatic heterocycles. The third kappa shape index (κ3) is 9.68. The van der Waals surface area contributed by atoms with E-state index < -0.39 is 53.8 Å². The molecule has 1 aliphatic rings. The van der Waals surface area contributed by atoms with E-state index in [0.29, 0.717) is 25.7 Å². The van der Waals surface area contributed by atoms with Gasteiger partial charge in [-0.05, 0) is 38.0 Å². The molecule has 5 unspecified atom stereocenters. The van der Waals surface area contributed by atoms with Crippen molar-refractivity contribution in [2.45, 2.75) is 83.0 Å². The second-order valence-corrected chi connectivity index (χ2v) is 9.02. The van der Waals surface area contributed by atoms with Crippen molar-refractivity contribution in [2.75, 3.05) is 13.1 Å². The molecule has 36 heavy (non-hydrogen) atoms. The number of carboxylic acids is 1. The van der Waals surface area contributed by atoms with Crippen molar-refractivity contribution in [2.24, 2.45) is 33.8 Å². The molecule has 0 aliphatic carbocycles. The lowest BCUT2D eigenvalue weighted by Crippen LogP contribution is -2.57. The Morgan fingerprint density at radius 2 is 1.75 bits per heavy atom.